The van der Waals surface area contributed by atoms with Crippen LogP contribution in [0.15, 0.2) is 48.8 Å². The first kappa shape index (κ1) is 23.0. The number of halogens is 1. The number of anilines is 1. The van der Waals surface area contributed by atoms with E-state index in [-0.39, 0.29) is 17.8 Å². The molecule has 0 radical (unpaired) electrons. The second kappa shape index (κ2) is 9.75. The van der Waals surface area contributed by atoms with Gasteiger partial charge in [-0.2, -0.15) is 0 Å². The lowest BCUT2D eigenvalue weighted by atomic mass is 10.0. The molecule has 0 spiro atoms. The van der Waals surface area contributed by atoms with Crippen molar-refractivity contribution in [2.24, 2.45) is 0 Å². The highest BCUT2D eigenvalue weighted by molar-refractivity contribution is 5.96. The number of nitrogens with zero attached hydrogens (tertiary/aromatic N) is 4. The summed E-state index contributed by atoms with van der Waals surface area (Å²) in [5.41, 5.74) is 5.12. The Hall–Kier alpha value is -3.19. The predicted octanol–water partition coefficient (Wildman–Crippen LogP) is 4.26. The molecular weight excluding hydrogens is 417 g/mol. The van der Waals surface area contributed by atoms with Gasteiger partial charge in [0.2, 0.25) is 0 Å². The molecule has 0 bridgehead atoms. The van der Waals surface area contributed by atoms with Crippen molar-refractivity contribution in [2.45, 2.75) is 33.7 Å². The number of nitrogens with one attached hydrogen (secondary N) is 1. The van der Waals surface area contributed by atoms with E-state index in [2.05, 4.69) is 27.0 Å². The van der Waals surface area contributed by atoms with Gasteiger partial charge in [-0.25, -0.2) is 4.39 Å². The van der Waals surface area contributed by atoms with Gasteiger partial charge in [0.1, 0.15) is 5.82 Å². The van der Waals surface area contributed by atoms with E-state index in [1.807, 2.05) is 49.6 Å². The van der Waals surface area contributed by atoms with E-state index >= 15 is 0 Å². The molecule has 3 heterocycles. The number of benzene rings is 1. The summed E-state index contributed by atoms with van der Waals surface area (Å²) in [4.78, 5) is 22.1. The molecule has 0 aliphatic carbocycles. The summed E-state index contributed by atoms with van der Waals surface area (Å²) in [6.45, 7) is 12.8. The molecule has 2 aromatic heterocycles. The van der Waals surface area contributed by atoms with Crippen molar-refractivity contribution < 1.29 is 9.18 Å². The fraction of sp³-hybridized carbons (Fsp3) is 0.385. The largest absolute Gasteiger partial charge is 0.369 e. The second-order valence-corrected chi connectivity index (χ2v) is 8.65. The van der Waals surface area contributed by atoms with Gasteiger partial charge in [-0.15, -0.1) is 0 Å². The van der Waals surface area contributed by atoms with Gasteiger partial charge in [-0.3, -0.25) is 9.78 Å². The molecule has 1 atom stereocenters. The maximum atomic E-state index is 14.2. The molecule has 1 aromatic carbocycles. The molecule has 174 valence electrons. The number of carbonyl (C=O) groups excluding carboxylic acids is 1. The fourth-order valence-electron chi connectivity index (χ4n) is 4.69. The van der Waals surface area contributed by atoms with E-state index < -0.39 is 0 Å². The van der Waals surface area contributed by atoms with Crippen molar-refractivity contribution in [1.82, 2.24) is 19.8 Å². The lowest BCUT2D eigenvalue weighted by Gasteiger charge is -2.37. The van der Waals surface area contributed by atoms with E-state index in [1.54, 1.807) is 18.5 Å². The minimum absolute atomic E-state index is 0.170. The van der Waals surface area contributed by atoms with Gasteiger partial charge in [0.15, 0.2) is 0 Å². The van der Waals surface area contributed by atoms with Crippen LogP contribution in [0, 0.1) is 19.7 Å². The zero-order chi connectivity index (χ0) is 23.5. The number of hydrogen-bond acceptors (Lipinski definition) is 4. The molecule has 1 saturated heterocycles. The quantitative estimate of drug-likeness (QED) is 0.611. The zero-order valence-corrected chi connectivity index (χ0v) is 19.8. The van der Waals surface area contributed by atoms with Gasteiger partial charge in [0.05, 0.1) is 23.5 Å². The molecule has 33 heavy (non-hydrogen) atoms. The molecule has 7 heteroatoms. The normalized spacial score (nSPS) is 15.5. The van der Waals surface area contributed by atoms with E-state index in [9.17, 15) is 9.18 Å². The highest BCUT2D eigenvalue weighted by atomic mass is 19.1. The molecule has 1 fully saturated rings. The van der Waals surface area contributed by atoms with Gasteiger partial charge >= 0.3 is 0 Å². The summed E-state index contributed by atoms with van der Waals surface area (Å²) < 4.78 is 16.2. The first-order chi connectivity index (χ1) is 15.9. The monoisotopic (exact) mass is 449 g/mol. The van der Waals surface area contributed by atoms with Gasteiger partial charge in [0, 0.05) is 55.0 Å². The van der Waals surface area contributed by atoms with Crippen LogP contribution in [-0.4, -0.2) is 53.1 Å². The summed E-state index contributed by atoms with van der Waals surface area (Å²) in [6.07, 6.45) is 3.51. The molecule has 1 aliphatic rings. The number of likely N-dealkylation sites (N-methyl/N-ethyl adjacent to an activating group) is 1. The number of pyridine rings is 1. The number of piperazine rings is 1. The van der Waals surface area contributed by atoms with Crippen molar-refractivity contribution in [2.75, 3.05) is 37.6 Å². The van der Waals surface area contributed by atoms with Gasteiger partial charge in [0.25, 0.3) is 5.91 Å². The van der Waals surface area contributed by atoms with Crippen LogP contribution >= 0.6 is 0 Å². The maximum Gasteiger partial charge on any atom is 0.253 e. The molecule has 1 unspecified atom stereocenters. The van der Waals surface area contributed by atoms with Crippen molar-refractivity contribution in [1.29, 1.82) is 0 Å². The van der Waals surface area contributed by atoms with E-state index in [4.69, 9.17) is 0 Å². The Morgan fingerprint density at radius 1 is 1.15 bits per heavy atom. The summed E-state index contributed by atoms with van der Waals surface area (Å²) in [5.74, 6) is -0.464. The number of hydrogen-bond donors (Lipinski definition) is 1. The summed E-state index contributed by atoms with van der Waals surface area (Å²) >= 11 is 0. The Bertz CT molecular complexity index is 1120. The van der Waals surface area contributed by atoms with Crippen LogP contribution in [0.3, 0.4) is 0 Å². The van der Waals surface area contributed by atoms with Gasteiger partial charge in [-0.1, -0.05) is 6.92 Å². The first-order valence-corrected chi connectivity index (χ1v) is 11.6. The van der Waals surface area contributed by atoms with Crippen LogP contribution in [0.1, 0.15) is 47.2 Å². The van der Waals surface area contributed by atoms with Crippen molar-refractivity contribution in [3.63, 3.8) is 0 Å². The minimum atomic E-state index is -0.339. The van der Waals surface area contributed by atoms with Crippen LogP contribution in [0.2, 0.25) is 0 Å². The average Bonchev–Trinajstić information content (AvgIpc) is 3.13. The Labute approximate surface area is 195 Å². The van der Waals surface area contributed by atoms with Gasteiger partial charge < -0.3 is 19.7 Å². The number of amides is 1. The molecule has 4 rings (SSSR count). The van der Waals surface area contributed by atoms with Crippen LogP contribution < -0.4 is 10.2 Å². The number of rotatable bonds is 6. The third-order valence-electron chi connectivity index (χ3n) is 6.54. The first-order valence-electron chi connectivity index (χ1n) is 11.6. The molecule has 1 amide bonds. The summed E-state index contributed by atoms with van der Waals surface area (Å²) in [5, 5.41) is 3.10. The lowest BCUT2D eigenvalue weighted by molar-refractivity contribution is 0.0939. The van der Waals surface area contributed by atoms with E-state index in [0.717, 1.165) is 61.0 Å². The highest BCUT2D eigenvalue weighted by Gasteiger charge is 2.23. The number of carbonyl (C=O) groups is 1. The van der Waals surface area contributed by atoms with Crippen LogP contribution in [-0.2, 0) is 0 Å². The standard InChI is InChI=1S/C26H32FN5O/c1-5-30-11-13-31(14-12-30)25-9-8-21(27)16-23(25)19(3)29-26(33)24-15-18(2)32(20(24)4)22-7-6-10-28-17-22/h6-10,15-17,19H,5,11-14H2,1-4H3,(H,29,33). The van der Waals surface area contributed by atoms with Crippen molar-refractivity contribution in [3.05, 3.63) is 77.1 Å². The van der Waals surface area contributed by atoms with Crippen molar-refractivity contribution in [3.8, 4) is 5.69 Å². The van der Waals surface area contributed by atoms with Crippen molar-refractivity contribution >= 4 is 11.6 Å². The Morgan fingerprint density at radius 3 is 2.58 bits per heavy atom. The van der Waals surface area contributed by atoms with E-state index in [0.29, 0.717) is 5.56 Å². The predicted molar refractivity (Wildman–Crippen MR) is 130 cm³/mol. The molecule has 6 nitrogen and oxygen atoms in total. The Morgan fingerprint density at radius 2 is 1.91 bits per heavy atom. The third-order valence-corrected chi connectivity index (χ3v) is 6.54. The topological polar surface area (TPSA) is 53.4 Å². The van der Waals surface area contributed by atoms with Gasteiger partial charge in [-0.05, 0) is 63.7 Å². The van der Waals surface area contributed by atoms with Crippen LogP contribution in [0.4, 0.5) is 10.1 Å². The molecular formula is C26H32FN5O. The summed E-state index contributed by atoms with van der Waals surface area (Å²) in [7, 11) is 0. The molecule has 1 N–H and O–H groups in total. The molecule has 3 aromatic rings. The summed E-state index contributed by atoms with van der Waals surface area (Å²) in [6, 6.07) is 10.3. The highest BCUT2D eigenvalue weighted by Crippen LogP contribution is 2.29. The SMILES string of the molecule is CCN1CCN(c2ccc(F)cc2C(C)NC(=O)c2cc(C)n(-c3cccnc3)c2C)CC1. The number of aromatic nitrogens is 2. The molecule has 0 saturated carbocycles. The molecule has 1 aliphatic heterocycles. The Balaban J connectivity index is 1.56. The average molecular weight is 450 g/mol. The maximum absolute atomic E-state index is 14.2. The lowest BCUT2D eigenvalue weighted by Crippen LogP contribution is -2.46. The third kappa shape index (κ3) is 4.78. The zero-order valence-electron chi connectivity index (χ0n) is 19.8. The van der Waals surface area contributed by atoms with E-state index in [1.165, 1.54) is 6.07 Å². The van der Waals surface area contributed by atoms with Crippen LogP contribution in [0.5, 0.6) is 0 Å². The minimum Gasteiger partial charge on any atom is -0.369 e. The van der Waals surface area contributed by atoms with Crippen LogP contribution in [0.25, 0.3) is 5.69 Å². The fourth-order valence-corrected chi connectivity index (χ4v) is 4.69. The smallest absolute Gasteiger partial charge is 0.253 e. The number of aryl methyl sites for hydroxylation is 1. The Kier molecular flexibility index (Phi) is 6.79. The second-order valence-electron chi connectivity index (χ2n) is 8.65.